The fourth-order valence-corrected chi connectivity index (χ4v) is 2.18. The lowest BCUT2D eigenvalue weighted by Gasteiger charge is -2.22. The van der Waals surface area contributed by atoms with Crippen molar-refractivity contribution in [1.29, 1.82) is 5.26 Å². The molecule has 1 rings (SSSR count). The van der Waals surface area contributed by atoms with Crippen LogP contribution in [-0.4, -0.2) is 34.5 Å². The highest BCUT2D eigenvalue weighted by Gasteiger charge is 2.35. The van der Waals surface area contributed by atoms with Gasteiger partial charge in [-0.25, -0.2) is 4.79 Å². The molecule has 1 saturated heterocycles. The molecule has 0 aromatic rings. The van der Waals surface area contributed by atoms with Crippen molar-refractivity contribution in [2.45, 2.75) is 52.0 Å². The van der Waals surface area contributed by atoms with Gasteiger partial charge in [-0.2, -0.15) is 5.26 Å². The molecule has 1 heterocycles. The highest BCUT2D eigenvalue weighted by Crippen LogP contribution is 2.23. The molecular weight excluding hydrogens is 232 g/mol. The van der Waals surface area contributed by atoms with E-state index in [0.717, 1.165) is 19.3 Å². The summed E-state index contributed by atoms with van der Waals surface area (Å²) in [7, 11) is 0. The molecule has 1 amide bonds. The molecule has 1 fully saturated rings. The molecule has 1 unspecified atom stereocenters. The van der Waals surface area contributed by atoms with Crippen LogP contribution in [0.25, 0.3) is 0 Å². The maximum absolute atomic E-state index is 11.5. The number of nitriles is 1. The van der Waals surface area contributed by atoms with E-state index in [1.54, 1.807) is 0 Å². The molecule has 0 aromatic carbocycles. The largest absolute Gasteiger partial charge is 0.480 e. The number of carboxylic acid groups (broad SMARTS) is 1. The van der Waals surface area contributed by atoms with Crippen LogP contribution >= 0.6 is 0 Å². The van der Waals surface area contributed by atoms with Crippen LogP contribution in [0.3, 0.4) is 0 Å². The predicted molar refractivity (Wildman–Crippen MR) is 65.6 cm³/mol. The maximum atomic E-state index is 11.5. The van der Waals surface area contributed by atoms with Crippen LogP contribution in [0.2, 0.25) is 0 Å². The zero-order valence-corrected chi connectivity index (χ0v) is 11.0. The summed E-state index contributed by atoms with van der Waals surface area (Å²) >= 11 is 0. The lowest BCUT2D eigenvalue weighted by Crippen LogP contribution is -2.39. The number of hydrogen-bond acceptors (Lipinski definition) is 3. The fraction of sp³-hybridized carbons (Fsp3) is 0.769. The second-order valence-corrected chi connectivity index (χ2v) is 5.43. The molecule has 0 saturated carbocycles. The smallest absolute Gasteiger partial charge is 0.326 e. The van der Waals surface area contributed by atoms with Crippen LogP contribution in [0.4, 0.5) is 0 Å². The molecule has 0 aliphatic carbocycles. The highest BCUT2D eigenvalue weighted by atomic mass is 16.4. The van der Waals surface area contributed by atoms with Crippen LogP contribution in [0.1, 0.15) is 46.0 Å². The van der Waals surface area contributed by atoms with Gasteiger partial charge in [-0.15, -0.1) is 0 Å². The van der Waals surface area contributed by atoms with Gasteiger partial charge in [-0.05, 0) is 33.1 Å². The summed E-state index contributed by atoms with van der Waals surface area (Å²) in [5, 5.41) is 17.9. The third-order valence-corrected chi connectivity index (χ3v) is 3.37. The minimum Gasteiger partial charge on any atom is -0.480 e. The van der Waals surface area contributed by atoms with Gasteiger partial charge in [0.15, 0.2) is 0 Å². The van der Waals surface area contributed by atoms with Gasteiger partial charge in [-0.3, -0.25) is 4.79 Å². The second-order valence-electron chi connectivity index (χ2n) is 5.43. The highest BCUT2D eigenvalue weighted by molar-refractivity contribution is 5.87. The zero-order valence-electron chi connectivity index (χ0n) is 11.0. The van der Waals surface area contributed by atoms with Gasteiger partial charge in [-0.1, -0.05) is 6.42 Å². The van der Waals surface area contributed by atoms with Crippen LogP contribution in [-0.2, 0) is 9.59 Å². The number of carbonyl (C=O) groups is 2. The molecule has 100 valence electrons. The average Bonchev–Trinajstić information content (AvgIpc) is 2.66. The molecule has 1 atom stereocenters. The number of likely N-dealkylation sites (tertiary alicyclic amines) is 1. The van der Waals surface area contributed by atoms with Crippen molar-refractivity contribution in [3.8, 4) is 6.07 Å². The van der Waals surface area contributed by atoms with Crippen molar-refractivity contribution in [1.82, 2.24) is 4.90 Å². The Bertz CT molecular complexity index is 371. The molecular formula is C13H20N2O3. The van der Waals surface area contributed by atoms with E-state index in [0.29, 0.717) is 19.4 Å². The molecule has 1 aliphatic heterocycles. The standard InChI is InChI=1S/C13H20N2O3/c1-13(2,9-14)7-3-4-8-15-10(12(17)18)5-6-11(15)16/h10H,3-8H2,1-2H3,(H,17,18). The van der Waals surface area contributed by atoms with Crippen LogP contribution in [0.15, 0.2) is 0 Å². The lowest BCUT2D eigenvalue weighted by atomic mass is 9.89. The Labute approximate surface area is 107 Å². The SMILES string of the molecule is CC(C)(C#N)CCCCN1C(=O)CCC1C(=O)O. The van der Waals surface area contributed by atoms with Crippen molar-refractivity contribution >= 4 is 11.9 Å². The molecule has 1 N–H and O–H groups in total. The fourth-order valence-electron chi connectivity index (χ4n) is 2.18. The summed E-state index contributed by atoms with van der Waals surface area (Å²) in [5.74, 6) is -0.986. The van der Waals surface area contributed by atoms with Gasteiger partial charge < -0.3 is 10.0 Å². The van der Waals surface area contributed by atoms with Gasteiger partial charge in [0.05, 0.1) is 11.5 Å². The Balaban J connectivity index is 2.37. The van der Waals surface area contributed by atoms with Gasteiger partial charge in [0.1, 0.15) is 6.04 Å². The molecule has 0 spiro atoms. The maximum Gasteiger partial charge on any atom is 0.326 e. The first kappa shape index (κ1) is 14.5. The minimum atomic E-state index is -0.918. The first-order valence-corrected chi connectivity index (χ1v) is 6.31. The van der Waals surface area contributed by atoms with E-state index >= 15 is 0 Å². The minimum absolute atomic E-state index is 0.0676. The Morgan fingerprint density at radius 2 is 2.22 bits per heavy atom. The van der Waals surface area contributed by atoms with Crippen LogP contribution in [0.5, 0.6) is 0 Å². The third kappa shape index (κ3) is 3.73. The summed E-state index contributed by atoms with van der Waals surface area (Å²) in [6.45, 7) is 4.25. The van der Waals surface area contributed by atoms with Gasteiger partial charge in [0.25, 0.3) is 0 Å². The normalized spacial score (nSPS) is 19.9. The first-order valence-electron chi connectivity index (χ1n) is 6.31. The van der Waals surface area contributed by atoms with Crippen LogP contribution < -0.4 is 0 Å². The van der Waals surface area contributed by atoms with E-state index < -0.39 is 12.0 Å². The van der Waals surface area contributed by atoms with Crippen molar-refractivity contribution in [3.63, 3.8) is 0 Å². The van der Waals surface area contributed by atoms with E-state index in [9.17, 15) is 9.59 Å². The predicted octanol–water partition coefficient (Wildman–Crippen LogP) is 1.78. The number of carboxylic acids is 1. The third-order valence-electron chi connectivity index (χ3n) is 3.37. The Morgan fingerprint density at radius 1 is 1.56 bits per heavy atom. The number of nitrogens with zero attached hydrogens (tertiary/aromatic N) is 2. The lowest BCUT2D eigenvalue weighted by molar-refractivity contribution is -0.146. The number of amides is 1. The number of rotatable bonds is 6. The van der Waals surface area contributed by atoms with Gasteiger partial charge in [0, 0.05) is 13.0 Å². The van der Waals surface area contributed by atoms with Crippen molar-refractivity contribution in [2.24, 2.45) is 5.41 Å². The van der Waals surface area contributed by atoms with Crippen molar-refractivity contribution < 1.29 is 14.7 Å². The number of carbonyl (C=O) groups excluding carboxylic acids is 1. The van der Waals surface area contributed by atoms with Crippen molar-refractivity contribution in [3.05, 3.63) is 0 Å². The van der Waals surface area contributed by atoms with Gasteiger partial charge in [0.2, 0.25) is 5.91 Å². The summed E-state index contributed by atoms with van der Waals surface area (Å²) in [4.78, 5) is 24.0. The molecule has 0 aromatic heterocycles. The molecule has 0 bridgehead atoms. The van der Waals surface area contributed by atoms with Gasteiger partial charge >= 0.3 is 5.97 Å². The average molecular weight is 252 g/mol. The quantitative estimate of drug-likeness (QED) is 0.730. The summed E-state index contributed by atoms with van der Waals surface area (Å²) in [6, 6.07) is 1.58. The Morgan fingerprint density at radius 3 is 2.78 bits per heavy atom. The Kier molecular flexibility index (Phi) is 4.71. The van der Waals surface area contributed by atoms with E-state index in [1.165, 1.54) is 4.90 Å². The van der Waals surface area contributed by atoms with E-state index in [2.05, 4.69) is 6.07 Å². The summed E-state index contributed by atoms with van der Waals surface area (Å²) in [6.07, 6.45) is 3.10. The number of unbranched alkanes of at least 4 members (excludes halogenated alkanes) is 1. The van der Waals surface area contributed by atoms with E-state index in [4.69, 9.17) is 10.4 Å². The summed E-state index contributed by atoms with van der Waals surface area (Å²) < 4.78 is 0. The van der Waals surface area contributed by atoms with E-state index in [-0.39, 0.29) is 11.3 Å². The monoisotopic (exact) mass is 252 g/mol. The first-order chi connectivity index (χ1) is 8.37. The molecule has 0 radical (unpaired) electrons. The topological polar surface area (TPSA) is 81.4 Å². The number of aliphatic carboxylic acids is 1. The van der Waals surface area contributed by atoms with Crippen molar-refractivity contribution in [2.75, 3.05) is 6.54 Å². The second kappa shape index (κ2) is 5.85. The van der Waals surface area contributed by atoms with E-state index in [1.807, 2.05) is 13.8 Å². The van der Waals surface area contributed by atoms with Crippen LogP contribution in [0, 0.1) is 16.7 Å². The zero-order chi connectivity index (χ0) is 13.8. The molecule has 5 heteroatoms. The Hall–Kier alpha value is -1.57. The molecule has 18 heavy (non-hydrogen) atoms. The molecule has 1 aliphatic rings. The summed E-state index contributed by atoms with van der Waals surface area (Å²) in [5.41, 5.74) is -0.346. The number of hydrogen-bond donors (Lipinski definition) is 1. The molecule has 5 nitrogen and oxygen atoms in total.